The number of Topliss-reactive ketones (excluding diaryl/α,β-unsaturated/α-hetero) is 2. The molecule has 0 radical (unpaired) electrons. The van der Waals surface area contributed by atoms with Crippen LogP contribution in [0.15, 0.2) is 71.0 Å². The first-order valence-electron chi connectivity index (χ1n) is 13.2. The van der Waals surface area contributed by atoms with Crippen LogP contribution in [0.1, 0.15) is 48.0 Å². The van der Waals surface area contributed by atoms with Crippen molar-refractivity contribution in [1.29, 1.82) is 0 Å². The van der Waals surface area contributed by atoms with Gasteiger partial charge in [-0.2, -0.15) is 0 Å². The first-order valence-corrected chi connectivity index (χ1v) is 17.4. The predicted molar refractivity (Wildman–Crippen MR) is 159 cm³/mol. The Balaban J connectivity index is 1.17. The Morgan fingerprint density at radius 2 is 2.00 bits per heavy atom. The number of alkyl halides is 2. The number of allylic oxidation sites excluding steroid dienone is 3. The molecule has 4 nitrogen and oxygen atoms in total. The SMILES string of the molecule is O=C(c1cn(CC(=O)C23C=CC=CI2C3)c2cc(Cl)ccc12)C1CCCC2(CC1)CNc1ccccc12. The number of fused-ring (bicyclic) bond motifs is 4. The van der Waals surface area contributed by atoms with Crippen molar-refractivity contribution < 1.29 is 9.59 Å². The van der Waals surface area contributed by atoms with Crippen LogP contribution in [0.25, 0.3) is 10.9 Å². The van der Waals surface area contributed by atoms with Crippen molar-refractivity contribution in [1.82, 2.24) is 4.57 Å². The summed E-state index contributed by atoms with van der Waals surface area (Å²) in [4.78, 5) is 27.5. The summed E-state index contributed by atoms with van der Waals surface area (Å²) < 4.78 is 5.10. The Hall–Kier alpha value is -2.38. The van der Waals surface area contributed by atoms with Crippen LogP contribution in [-0.2, 0) is 16.8 Å². The van der Waals surface area contributed by atoms with Gasteiger partial charge in [-0.15, -0.1) is 0 Å². The van der Waals surface area contributed by atoms with Crippen LogP contribution < -0.4 is 5.32 Å². The molecule has 7 rings (SSSR count). The fourth-order valence-corrected chi connectivity index (χ4v) is 13.0. The molecule has 37 heavy (non-hydrogen) atoms. The Kier molecular flexibility index (Phi) is 5.67. The number of rotatable bonds is 5. The molecule has 1 spiro atoms. The molecule has 1 saturated heterocycles. The third-order valence-corrected chi connectivity index (χ3v) is 15.4. The molecular formula is C31H30ClIN2O2. The molecule has 3 unspecified atom stereocenters. The Bertz CT molecular complexity index is 1510. The number of carbonyl (C=O) groups excluding carboxylic acids is 2. The molecule has 4 heterocycles. The number of ketones is 2. The normalized spacial score (nSPS) is 28.6. The van der Waals surface area contributed by atoms with Crippen molar-refractivity contribution in [3.8, 4) is 0 Å². The van der Waals surface area contributed by atoms with Gasteiger partial charge in [0.25, 0.3) is 0 Å². The molecule has 6 heteroatoms. The van der Waals surface area contributed by atoms with Gasteiger partial charge < -0.3 is 5.32 Å². The zero-order valence-electron chi connectivity index (χ0n) is 20.7. The minimum atomic E-state index is -1.33. The van der Waals surface area contributed by atoms with E-state index in [1.165, 1.54) is 11.3 Å². The van der Waals surface area contributed by atoms with E-state index in [4.69, 9.17) is 11.6 Å². The standard InChI is InChI=1S/C31H30ClIN2O2/c32-22-9-10-23-24(17-35(27(23)16-22)18-28(36)31-13-3-4-15-33(31)19-31)29(37)21-6-5-12-30(14-11-21)20-34-26-8-2-1-7-25(26)30/h1-4,7-10,13,15-17,21,34H,5-6,11-12,14,18-20H2. The van der Waals surface area contributed by atoms with E-state index >= 15 is 0 Å². The van der Waals surface area contributed by atoms with Crippen LogP contribution in [0.5, 0.6) is 0 Å². The van der Waals surface area contributed by atoms with E-state index in [-0.39, 0.29) is 26.3 Å². The van der Waals surface area contributed by atoms with E-state index in [1.54, 1.807) is 0 Å². The van der Waals surface area contributed by atoms with Gasteiger partial charge in [0.15, 0.2) is 0 Å². The number of anilines is 1. The van der Waals surface area contributed by atoms with Gasteiger partial charge in [-0.1, -0.05) is 18.2 Å². The predicted octanol–water partition coefficient (Wildman–Crippen LogP) is 7.33. The molecule has 0 bridgehead atoms. The van der Waals surface area contributed by atoms with Crippen molar-refractivity contribution in [3.05, 3.63) is 87.1 Å². The summed E-state index contributed by atoms with van der Waals surface area (Å²) in [6.07, 6.45) is 13.2. The minimum Gasteiger partial charge on any atom is -0.384 e. The van der Waals surface area contributed by atoms with E-state index < -0.39 is 19.8 Å². The summed E-state index contributed by atoms with van der Waals surface area (Å²) in [7, 11) is 0. The van der Waals surface area contributed by atoms with Crippen molar-refractivity contribution in [2.75, 3.05) is 16.3 Å². The van der Waals surface area contributed by atoms with Gasteiger partial charge in [0.1, 0.15) is 0 Å². The van der Waals surface area contributed by atoms with Gasteiger partial charge in [-0.05, 0) is 6.07 Å². The van der Waals surface area contributed by atoms with Crippen molar-refractivity contribution in [2.24, 2.45) is 5.92 Å². The zero-order valence-corrected chi connectivity index (χ0v) is 23.6. The third kappa shape index (κ3) is 3.84. The Morgan fingerprint density at radius 3 is 2.89 bits per heavy atom. The van der Waals surface area contributed by atoms with Crippen molar-refractivity contribution in [3.63, 3.8) is 0 Å². The molecule has 1 aromatic heterocycles. The summed E-state index contributed by atoms with van der Waals surface area (Å²) in [6, 6.07) is 14.4. The van der Waals surface area contributed by atoms with Gasteiger partial charge in [0, 0.05) is 5.69 Å². The van der Waals surface area contributed by atoms with E-state index in [0.29, 0.717) is 11.6 Å². The van der Waals surface area contributed by atoms with Crippen molar-refractivity contribution >= 4 is 59.6 Å². The fourth-order valence-electron chi connectivity index (χ4n) is 6.78. The van der Waals surface area contributed by atoms with Gasteiger partial charge in [-0.3, -0.25) is 0 Å². The summed E-state index contributed by atoms with van der Waals surface area (Å²) >= 11 is 5.05. The van der Waals surface area contributed by atoms with E-state index in [2.05, 4.69) is 45.8 Å². The van der Waals surface area contributed by atoms with Crippen LogP contribution in [0, 0.1) is 5.92 Å². The van der Waals surface area contributed by atoms with E-state index in [9.17, 15) is 9.59 Å². The molecule has 2 fully saturated rings. The van der Waals surface area contributed by atoms with Crippen LogP contribution >= 0.6 is 31.4 Å². The monoisotopic (exact) mass is 624 g/mol. The van der Waals surface area contributed by atoms with Gasteiger partial charge in [-0.25, -0.2) is 0 Å². The fraction of sp³-hybridized carbons (Fsp3) is 0.355. The molecule has 2 aromatic carbocycles. The number of para-hydroxylation sites is 1. The first-order chi connectivity index (χ1) is 18.0. The number of nitrogens with one attached hydrogen (secondary N) is 1. The summed E-state index contributed by atoms with van der Waals surface area (Å²) in [5, 5.41) is 5.15. The van der Waals surface area contributed by atoms with Gasteiger partial charge in [0.2, 0.25) is 0 Å². The van der Waals surface area contributed by atoms with Crippen LogP contribution in [0.2, 0.25) is 5.02 Å². The van der Waals surface area contributed by atoms with Crippen LogP contribution in [0.3, 0.4) is 0 Å². The summed E-state index contributed by atoms with van der Waals surface area (Å²) in [5.41, 5.74) is 4.43. The zero-order chi connectivity index (χ0) is 25.2. The average Bonchev–Trinajstić information content (AvgIpc) is 3.51. The molecule has 190 valence electrons. The second-order valence-corrected chi connectivity index (χ2v) is 17.1. The average molecular weight is 625 g/mol. The summed E-state index contributed by atoms with van der Waals surface area (Å²) in [6.45, 7) is 1.26. The molecule has 1 N–H and O–H groups in total. The van der Waals surface area contributed by atoms with Gasteiger partial charge >= 0.3 is 195 Å². The summed E-state index contributed by atoms with van der Waals surface area (Å²) in [5.74, 6) is 0.495. The van der Waals surface area contributed by atoms with E-state index in [1.807, 2.05) is 35.0 Å². The van der Waals surface area contributed by atoms with Crippen LogP contribution in [0.4, 0.5) is 5.69 Å². The number of halogens is 2. The number of aromatic nitrogens is 1. The van der Waals surface area contributed by atoms with E-state index in [0.717, 1.165) is 59.5 Å². The molecule has 3 aromatic rings. The number of benzene rings is 2. The molecule has 0 amide bonds. The smallest absolute Gasteiger partial charge is 0.384 e. The van der Waals surface area contributed by atoms with Crippen molar-refractivity contribution in [2.45, 2.75) is 47.5 Å². The second-order valence-electron chi connectivity index (χ2n) is 11.0. The molecule has 1 aliphatic carbocycles. The minimum absolute atomic E-state index is 0.00347. The Morgan fingerprint density at radius 1 is 1.11 bits per heavy atom. The number of carbonyl (C=O) groups is 2. The maximum absolute atomic E-state index is 14.0. The third-order valence-electron chi connectivity index (χ3n) is 8.94. The number of nitrogens with zero attached hydrogens (tertiary/aromatic N) is 1. The molecule has 4 aliphatic rings. The second kappa shape index (κ2) is 8.84. The quantitative estimate of drug-likeness (QED) is 0.184. The van der Waals surface area contributed by atoms with Gasteiger partial charge in [0.05, 0.1) is 0 Å². The topological polar surface area (TPSA) is 51.1 Å². The molecular weight excluding hydrogens is 595 g/mol. The molecule has 1 saturated carbocycles. The molecule has 3 aliphatic heterocycles. The Labute approximate surface area is 229 Å². The number of hydrogen-bond donors (Lipinski definition) is 1. The maximum atomic E-state index is 14.0. The molecule has 3 atom stereocenters. The van der Waals surface area contributed by atoms with Crippen LogP contribution in [-0.4, -0.2) is 30.5 Å². The number of hydrogen-bond acceptors (Lipinski definition) is 3. The first kappa shape index (κ1) is 23.7.